The summed E-state index contributed by atoms with van der Waals surface area (Å²) in [7, 11) is 0. The first-order chi connectivity index (χ1) is 9.85. The Hall–Kier alpha value is -1.37. The van der Waals surface area contributed by atoms with Crippen LogP contribution >= 0.6 is 0 Å². The third-order valence-electron chi connectivity index (χ3n) is 4.06. The first kappa shape index (κ1) is 18.0. The maximum atomic E-state index is 13.8. The Morgan fingerprint density at radius 1 is 0.696 bits per heavy atom. The molecule has 0 aromatic heterocycles. The number of carbonyl (C=O) groups is 1. The molecule has 2 nitrogen and oxygen atoms in total. The SMILES string of the molecule is O=C(O)C1(F)C(F)C(F)(F)C2(F)C(F)(F)C(F)(F)C2(F)C1(F)F. The number of hydrogen-bond acceptors (Lipinski definition) is 1. The van der Waals surface area contributed by atoms with Crippen LogP contribution in [0.3, 0.4) is 0 Å². The Labute approximate surface area is 117 Å². The second-order valence-corrected chi connectivity index (χ2v) is 5.04. The van der Waals surface area contributed by atoms with Crippen LogP contribution in [0.1, 0.15) is 0 Å². The van der Waals surface area contributed by atoms with Gasteiger partial charge in [-0.2, -0.15) is 35.1 Å². The molecular formula is C9H2F12O2. The summed E-state index contributed by atoms with van der Waals surface area (Å²) in [5.41, 5.74) is -20.3. The Morgan fingerprint density at radius 3 is 1.39 bits per heavy atom. The third-order valence-corrected chi connectivity index (χ3v) is 4.06. The zero-order valence-corrected chi connectivity index (χ0v) is 9.97. The van der Waals surface area contributed by atoms with Crippen LogP contribution in [0.4, 0.5) is 52.7 Å². The van der Waals surface area contributed by atoms with E-state index in [0.29, 0.717) is 0 Å². The number of carboxylic acids is 1. The molecule has 23 heavy (non-hydrogen) atoms. The molecule has 134 valence electrons. The summed E-state index contributed by atoms with van der Waals surface area (Å²) in [6.45, 7) is 0. The van der Waals surface area contributed by atoms with Gasteiger partial charge in [0, 0.05) is 0 Å². The van der Waals surface area contributed by atoms with Crippen molar-refractivity contribution < 1.29 is 62.6 Å². The molecule has 0 saturated heterocycles. The highest BCUT2D eigenvalue weighted by Crippen LogP contribution is 2.80. The highest BCUT2D eigenvalue weighted by molar-refractivity contribution is 5.82. The van der Waals surface area contributed by atoms with Crippen molar-refractivity contribution in [2.75, 3.05) is 0 Å². The summed E-state index contributed by atoms with van der Waals surface area (Å²) in [5.74, 6) is -31.7. The van der Waals surface area contributed by atoms with E-state index in [2.05, 4.69) is 0 Å². The second kappa shape index (κ2) is 3.66. The molecule has 14 heteroatoms. The minimum Gasteiger partial charge on any atom is -0.479 e. The highest BCUT2D eigenvalue weighted by Gasteiger charge is 3.14. The molecule has 0 aliphatic heterocycles. The van der Waals surface area contributed by atoms with Gasteiger partial charge >= 0.3 is 35.3 Å². The number of alkyl halides is 12. The van der Waals surface area contributed by atoms with Crippen LogP contribution in [-0.2, 0) is 4.79 Å². The lowest BCUT2D eigenvalue weighted by atomic mass is 9.48. The Bertz CT molecular complexity index is 589. The van der Waals surface area contributed by atoms with Gasteiger partial charge in [0.1, 0.15) is 0 Å². The van der Waals surface area contributed by atoms with Crippen LogP contribution in [0.15, 0.2) is 0 Å². The van der Waals surface area contributed by atoms with E-state index in [0.717, 1.165) is 0 Å². The van der Waals surface area contributed by atoms with Gasteiger partial charge in [-0.15, -0.1) is 0 Å². The summed E-state index contributed by atoms with van der Waals surface area (Å²) in [6.07, 6.45) is -5.58. The van der Waals surface area contributed by atoms with Crippen molar-refractivity contribution in [1.82, 2.24) is 0 Å². The summed E-state index contributed by atoms with van der Waals surface area (Å²) in [4.78, 5) is 10.3. The van der Waals surface area contributed by atoms with Gasteiger partial charge < -0.3 is 5.11 Å². The lowest BCUT2D eigenvalue weighted by molar-refractivity contribution is -0.537. The number of halogens is 12. The third kappa shape index (κ3) is 1.13. The normalized spacial score (nSPS) is 49.0. The molecule has 2 fully saturated rings. The molecule has 0 amide bonds. The molecule has 2 rings (SSSR count). The van der Waals surface area contributed by atoms with E-state index < -0.39 is 52.8 Å². The van der Waals surface area contributed by atoms with Gasteiger partial charge in [0.15, 0.2) is 0 Å². The van der Waals surface area contributed by atoms with Crippen LogP contribution in [0.25, 0.3) is 0 Å². The van der Waals surface area contributed by atoms with Crippen LogP contribution in [0.2, 0.25) is 0 Å². The van der Waals surface area contributed by atoms with Crippen molar-refractivity contribution in [3.8, 4) is 0 Å². The van der Waals surface area contributed by atoms with Crippen molar-refractivity contribution in [2.45, 2.75) is 46.9 Å². The largest absolute Gasteiger partial charge is 0.479 e. The Kier molecular flexibility index (Phi) is 2.86. The topological polar surface area (TPSA) is 37.3 Å². The molecule has 0 bridgehead atoms. The molecule has 0 aromatic rings. The molecule has 0 spiro atoms. The van der Waals surface area contributed by atoms with Gasteiger partial charge in [-0.1, -0.05) is 0 Å². The standard InChI is InChI=1S/C9H2F12O2/c10-1-3(11,2(22)23)7(16,17)6(15)5(14,4(1,12)13)8(18,19)9(6,20)21/h1H,(H,22,23). The van der Waals surface area contributed by atoms with Gasteiger partial charge in [-0.05, 0) is 0 Å². The highest BCUT2D eigenvalue weighted by atomic mass is 19.3. The van der Waals surface area contributed by atoms with Gasteiger partial charge in [0.25, 0.3) is 11.3 Å². The quantitative estimate of drug-likeness (QED) is 0.721. The number of fused-ring (bicyclic) bond motifs is 1. The molecule has 1 N–H and O–H groups in total. The molecule has 0 aromatic carbocycles. The van der Waals surface area contributed by atoms with Gasteiger partial charge in [-0.25, -0.2) is 22.4 Å². The number of aliphatic carboxylic acids is 1. The lowest BCUT2D eigenvalue weighted by Crippen LogP contribution is -3.01. The zero-order chi connectivity index (χ0) is 18.7. The van der Waals surface area contributed by atoms with E-state index in [1.165, 1.54) is 0 Å². The second-order valence-electron chi connectivity index (χ2n) is 5.04. The van der Waals surface area contributed by atoms with Crippen molar-refractivity contribution in [2.24, 2.45) is 0 Å². The minimum absolute atomic E-state index is 3.90. The molecule has 0 heterocycles. The van der Waals surface area contributed by atoms with E-state index >= 15 is 0 Å². The molecule has 4 unspecified atom stereocenters. The van der Waals surface area contributed by atoms with Gasteiger partial charge in [0.2, 0.25) is 6.17 Å². The molecule has 4 atom stereocenters. The van der Waals surface area contributed by atoms with E-state index in [-0.39, 0.29) is 0 Å². The molecule has 2 aliphatic rings. The predicted molar refractivity (Wildman–Crippen MR) is 43.8 cm³/mol. The average molecular weight is 370 g/mol. The molecule has 0 radical (unpaired) electrons. The number of hydrogen-bond donors (Lipinski definition) is 1. The number of rotatable bonds is 1. The fourth-order valence-electron chi connectivity index (χ4n) is 2.73. The van der Waals surface area contributed by atoms with E-state index in [9.17, 15) is 57.5 Å². The maximum absolute atomic E-state index is 13.8. The van der Waals surface area contributed by atoms with Crippen molar-refractivity contribution in [1.29, 1.82) is 0 Å². The van der Waals surface area contributed by atoms with Gasteiger partial charge in [0.05, 0.1) is 0 Å². The predicted octanol–water partition coefficient (Wildman–Crippen LogP) is 3.10. The fraction of sp³-hybridized carbons (Fsp3) is 0.889. The first-order valence-corrected chi connectivity index (χ1v) is 5.30. The van der Waals surface area contributed by atoms with Crippen molar-refractivity contribution in [3.05, 3.63) is 0 Å². The Morgan fingerprint density at radius 2 is 1.04 bits per heavy atom. The van der Waals surface area contributed by atoms with E-state index in [4.69, 9.17) is 5.11 Å². The van der Waals surface area contributed by atoms with Crippen LogP contribution < -0.4 is 0 Å². The summed E-state index contributed by atoms with van der Waals surface area (Å²) < 4.78 is 160. The molecule has 2 aliphatic carbocycles. The van der Waals surface area contributed by atoms with E-state index in [1.807, 2.05) is 0 Å². The van der Waals surface area contributed by atoms with Crippen LogP contribution in [0, 0.1) is 0 Å². The smallest absolute Gasteiger partial charge is 0.356 e. The van der Waals surface area contributed by atoms with Crippen molar-refractivity contribution in [3.63, 3.8) is 0 Å². The van der Waals surface area contributed by atoms with Gasteiger partial charge in [-0.3, -0.25) is 0 Å². The zero-order valence-electron chi connectivity index (χ0n) is 9.97. The molecule has 2 saturated carbocycles. The number of carboxylic acid groups (broad SMARTS) is 1. The van der Waals surface area contributed by atoms with Crippen LogP contribution in [0.5, 0.6) is 0 Å². The first-order valence-electron chi connectivity index (χ1n) is 5.30. The maximum Gasteiger partial charge on any atom is 0.356 e. The Balaban J connectivity index is 2.94. The lowest BCUT2D eigenvalue weighted by Gasteiger charge is -2.66. The minimum atomic E-state index is -7.10. The van der Waals surface area contributed by atoms with Crippen LogP contribution in [-0.4, -0.2) is 57.9 Å². The van der Waals surface area contributed by atoms with Crippen molar-refractivity contribution >= 4 is 5.97 Å². The fourth-order valence-corrected chi connectivity index (χ4v) is 2.73. The summed E-state index contributed by atoms with van der Waals surface area (Å²) >= 11 is 0. The summed E-state index contributed by atoms with van der Waals surface area (Å²) in [6, 6.07) is 0. The van der Waals surface area contributed by atoms with E-state index in [1.54, 1.807) is 0 Å². The average Bonchev–Trinajstić information content (AvgIpc) is 2.40. The summed E-state index contributed by atoms with van der Waals surface area (Å²) in [5, 5.41) is 8.11. The monoisotopic (exact) mass is 370 g/mol. The molecular weight excluding hydrogens is 368 g/mol.